The van der Waals surface area contributed by atoms with E-state index in [2.05, 4.69) is 5.32 Å². The van der Waals surface area contributed by atoms with Crippen molar-refractivity contribution in [2.24, 2.45) is 5.92 Å². The van der Waals surface area contributed by atoms with E-state index in [1.54, 1.807) is 6.08 Å². The maximum absolute atomic E-state index is 11.3. The molecule has 6 nitrogen and oxygen atoms in total. The first-order chi connectivity index (χ1) is 7.82. The second-order valence-electron chi connectivity index (χ2n) is 3.93. The average molecular weight is 243 g/mol. The van der Waals surface area contributed by atoms with Gasteiger partial charge in [-0.3, -0.25) is 9.59 Å². The Bertz CT molecular complexity index is 322. The molecule has 0 rings (SSSR count). The van der Waals surface area contributed by atoms with Crippen molar-refractivity contribution in [1.29, 1.82) is 0 Å². The molecular weight excluding hydrogens is 226 g/mol. The topological polar surface area (TPSA) is 104 Å². The fourth-order valence-corrected chi connectivity index (χ4v) is 1.02. The second kappa shape index (κ2) is 7.43. The molecule has 0 fully saturated rings. The molecule has 1 amide bonds. The highest BCUT2D eigenvalue weighted by atomic mass is 16.4. The van der Waals surface area contributed by atoms with Crippen molar-refractivity contribution in [3.63, 3.8) is 0 Å². The fourth-order valence-electron chi connectivity index (χ4n) is 1.02. The van der Waals surface area contributed by atoms with Gasteiger partial charge < -0.3 is 15.5 Å². The van der Waals surface area contributed by atoms with Crippen LogP contribution < -0.4 is 5.32 Å². The van der Waals surface area contributed by atoms with Gasteiger partial charge in [-0.15, -0.1) is 0 Å². The first-order valence-corrected chi connectivity index (χ1v) is 5.26. The van der Waals surface area contributed by atoms with Crippen molar-refractivity contribution in [3.05, 3.63) is 12.2 Å². The van der Waals surface area contributed by atoms with E-state index in [1.807, 2.05) is 13.8 Å². The number of carboxylic acids is 2. The van der Waals surface area contributed by atoms with Gasteiger partial charge in [0.25, 0.3) is 0 Å². The highest BCUT2D eigenvalue weighted by Crippen LogP contribution is 1.99. The lowest BCUT2D eigenvalue weighted by molar-refractivity contribution is -0.142. The predicted octanol–water partition coefficient (Wildman–Crippen LogP) is 0.633. The zero-order valence-electron chi connectivity index (χ0n) is 9.84. The number of carbonyl (C=O) groups is 3. The van der Waals surface area contributed by atoms with Crippen LogP contribution >= 0.6 is 0 Å². The van der Waals surface area contributed by atoms with Gasteiger partial charge in [-0.25, -0.2) is 4.79 Å². The summed E-state index contributed by atoms with van der Waals surface area (Å²) in [6.07, 6.45) is 2.45. The highest BCUT2D eigenvalue weighted by molar-refractivity contribution is 5.91. The summed E-state index contributed by atoms with van der Waals surface area (Å²) < 4.78 is 0. The van der Waals surface area contributed by atoms with E-state index in [1.165, 1.54) is 6.08 Å². The van der Waals surface area contributed by atoms with Crippen molar-refractivity contribution >= 4 is 17.8 Å². The van der Waals surface area contributed by atoms with Crippen molar-refractivity contribution < 1.29 is 24.6 Å². The van der Waals surface area contributed by atoms with Crippen LogP contribution in [0.25, 0.3) is 0 Å². The Kier molecular flexibility index (Phi) is 6.62. The smallest absolute Gasteiger partial charge is 0.326 e. The summed E-state index contributed by atoms with van der Waals surface area (Å²) in [6, 6.07) is -1.17. The Morgan fingerprint density at radius 3 is 2.24 bits per heavy atom. The van der Waals surface area contributed by atoms with E-state index in [4.69, 9.17) is 10.2 Å². The minimum Gasteiger partial charge on any atom is -0.481 e. The highest BCUT2D eigenvalue weighted by Gasteiger charge is 2.19. The van der Waals surface area contributed by atoms with Crippen LogP contribution in [0, 0.1) is 5.92 Å². The Balaban J connectivity index is 4.30. The number of carbonyl (C=O) groups excluding carboxylic acids is 1. The number of hydrogen-bond acceptors (Lipinski definition) is 3. The van der Waals surface area contributed by atoms with Crippen LogP contribution in [-0.4, -0.2) is 34.1 Å². The molecule has 0 aliphatic rings. The number of rotatable bonds is 7. The Morgan fingerprint density at radius 1 is 1.24 bits per heavy atom. The maximum atomic E-state index is 11.3. The van der Waals surface area contributed by atoms with Gasteiger partial charge >= 0.3 is 11.9 Å². The minimum absolute atomic E-state index is 0.133. The third kappa shape index (κ3) is 8.01. The van der Waals surface area contributed by atoms with E-state index < -0.39 is 23.9 Å². The molecule has 0 bridgehead atoms. The zero-order chi connectivity index (χ0) is 13.4. The fraction of sp³-hybridized carbons (Fsp3) is 0.545. The molecule has 0 saturated heterocycles. The maximum Gasteiger partial charge on any atom is 0.326 e. The molecule has 6 heteroatoms. The van der Waals surface area contributed by atoms with Crippen molar-refractivity contribution in [2.45, 2.75) is 32.7 Å². The molecule has 0 aromatic rings. The number of amides is 1. The second-order valence-corrected chi connectivity index (χ2v) is 3.93. The molecule has 0 spiro atoms. The van der Waals surface area contributed by atoms with Gasteiger partial charge in [0.1, 0.15) is 6.04 Å². The molecule has 17 heavy (non-hydrogen) atoms. The summed E-state index contributed by atoms with van der Waals surface area (Å²) >= 11 is 0. The molecule has 96 valence electrons. The third-order valence-corrected chi connectivity index (χ3v) is 1.89. The molecule has 0 radical (unpaired) electrons. The molecule has 0 aliphatic carbocycles. The molecule has 0 aromatic heterocycles. The number of allylic oxidation sites excluding steroid dienone is 1. The average Bonchev–Trinajstić information content (AvgIpc) is 2.20. The van der Waals surface area contributed by atoms with Gasteiger partial charge in [-0.1, -0.05) is 19.9 Å². The van der Waals surface area contributed by atoms with Gasteiger partial charge in [0.05, 0.1) is 0 Å². The van der Waals surface area contributed by atoms with E-state index in [9.17, 15) is 14.4 Å². The van der Waals surface area contributed by atoms with Crippen LogP contribution in [0.5, 0.6) is 0 Å². The van der Waals surface area contributed by atoms with Crippen LogP contribution in [0.3, 0.4) is 0 Å². The SMILES string of the molecule is CC(C)/C=C/C(=O)NC(CCC(=O)O)C(=O)O. The third-order valence-electron chi connectivity index (χ3n) is 1.89. The molecule has 1 atom stereocenters. The van der Waals surface area contributed by atoms with Crippen LogP contribution in [-0.2, 0) is 14.4 Å². The Morgan fingerprint density at radius 2 is 1.82 bits per heavy atom. The van der Waals surface area contributed by atoms with Crippen molar-refractivity contribution in [2.75, 3.05) is 0 Å². The monoisotopic (exact) mass is 243 g/mol. The quantitative estimate of drug-likeness (QED) is 0.569. The minimum atomic E-state index is -1.24. The predicted molar refractivity (Wildman–Crippen MR) is 60.4 cm³/mol. The van der Waals surface area contributed by atoms with Gasteiger partial charge in [0.2, 0.25) is 5.91 Å². The van der Waals surface area contributed by atoms with Gasteiger partial charge in [0, 0.05) is 6.42 Å². The lowest BCUT2D eigenvalue weighted by atomic mass is 10.1. The van der Waals surface area contributed by atoms with Crippen LogP contribution in [0.2, 0.25) is 0 Å². The Labute approximate surface area is 99.3 Å². The van der Waals surface area contributed by atoms with Gasteiger partial charge in [-0.2, -0.15) is 0 Å². The van der Waals surface area contributed by atoms with E-state index in [0.29, 0.717) is 0 Å². The van der Waals surface area contributed by atoms with E-state index >= 15 is 0 Å². The summed E-state index contributed by atoms with van der Waals surface area (Å²) in [5.74, 6) is -2.68. The largest absolute Gasteiger partial charge is 0.481 e. The number of nitrogens with one attached hydrogen (secondary N) is 1. The first kappa shape index (κ1) is 15.2. The van der Waals surface area contributed by atoms with E-state index in [0.717, 1.165) is 0 Å². The molecule has 0 heterocycles. The summed E-state index contributed by atoms with van der Waals surface area (Å²) in [5.41, 5.74) is 0. The van der Waals surface area contributed by atoms with Gasteiger partial charge in [-0.05, 0) is 18.4 Å². The molecule has 0 saturated carbocycles. The number of carboxylic acid groups (broad SMARTS) is 2. The lowest BCUT2D eigenvalue weighted by Crippen LogP contribution is -2.40. The summed E-state index contributed by atoms with van der Waals surface area (Å²) in [4.78, 5) is 32.4. The van der Waals surface area contributed by atoms with Crippen molar-refractivity contribution in [3.8, 4) is 0 Å². The van der Waals surface area contributed by atoms with Gasteiger partial charge in [0.15, 0.2) is 0 Å². The van der Waals surface area contributed by atoms with Crippen LogP contribution in [0.15, 0.2) is 12.2 Å². The number of aliphatic carboxylic acids is 2. The number of hydrogen-bond donors (Lipinski definition) is 3. The lowest BCUT2D eigenvalue weighted by Gasteiger charge is -2.11. The molecule has 3 N–H and O–H groups in total. The Hall–Kier alpha value is -1.85. The summed E-state index contributed by atoms with van der Waals surface area (Å²) in [6.45, 7) is 3.76. The van der Waals surface area contributed by atoms with Crippen LogP contribution in [0.1, 0.15) is 26.7 Å². The molecular formula is C11H17NO5. The first-order valence-electron chi connectivity index (χ1n) is 5.26. The van der Waals surface area contributed by atoms with E-state index in [-0.39, 0.29) is 18.8 Å². The zero-order valence-corrected chi connectivity index (χ0v) is 9.84. The van der Waals surface area contributed by atoms with Crippen molar-refractivity contribution in [1.82, 2.24) is 5.32 Å². The molecule has 0 aliphatic heterocycles. The van der Waals surface area contributed by atoms with Crippen LogP contribution in [0.4, 0.5) is 0 Å². The summed E-state index contributed by atoms with van der Waals surface area (Å²) in [7, 11) is 0. The standard InChI is InChI=1S/C11H17NO5/c1-7(2)3-5-9(13)12-8(11(16)17)4-6-10(14)15/h3,5,7-8H,4,6H2,1-2H3,(H,12,13)(H,14,15)(H,16,17)/b5-3+. The molecule has 1 unspecified atom stereocenters. The normalized spacial score (nSPS) is 12.6. The summed E-state index contributed by atoms with van der Waals surface area (Å²) in [5, 5.41) is 19.5. The molecule has 0 aromatic carbocycles.